The maximum Gasteiger partial charge on any atom is 0.237 e. The lowest BCUT2D eigenvalue weighted by molar-refractivity contribution is -0.136. The molecule has 18 heavy (non-hydrogen) atoms. The molecule has 0 aromatic rings. The second-order valence-electron chi connectivity index (χ2n) is 5.41. The summed E-state index contributed by atoms with van der Waals surface area (Å²) < 4.78 is 4.73. The summed E-state index contributed by atoms with van der Waals surface area (Å²) in [7, 11) is 1.38. The molecule has 0 fully saturated rings. The average Bonchev–Trinajstić information content (AvgIpc) is 2.71. The number of methoxy groups -OCH3 is 1. The second kappa shape index (κ2) is 6.31. The molecule has 0 radical (unpaired) electrons. The predicted octanol–water partition coefficient (Wildman–Crippen LogP) is 0.748. The minimum atomic E-state index is -1.13. The Morgan fingerprint density at radius 1 is 1.39 bits per heavy atom. The van der Waals surface area contributed by atoms with Gasteiger partial charge in [0.1, 0.15) is 0 Å². The van der Waals surface area contributed by atoms with E-state index >= 15 is 0 Å². The van der Waals surface area contributed by atoms with Crippen LogP contribution in [0.15, 0.2) is 12.2 Å². The molecule has 1 rings (SSSR count). The average molecular weight is 256 g/mol. The van der Waals surface area contributed by atoms with Gasteiger partial charge in [-0.25, -0.2) is 0 Å². The van der Waals surface area contributed by atoms with Crippen LogP contribution in [-0.2, 0) is 9.53 Å². The number of nitrogens with one attached hydrogen (secondary N) is 2. The third-order valence-electron chi connectivity index (χ3n) is 3.22. The molecule has 0 aromatic heterocycles. The molecule has 0 aliphatic heterocycles. The first-order chi connectivity index (χ1) is 8.38. The highest BCUT2D eigenvalue weighted by Crippen LogP contribution is 2.23. The number of carbonyl (C=O) groups excluding carboxylic acids is 1. The summed E-state index contributed by atoms with van der Waals surface area (Å²) in [6, 6.07) is -0.475. The smallest absolute Gasteiger partial charge is 0.237 e. The molecule has 104 valence electrons. The first-order valence-corrected chi connectivity index (χ1v) is 6.32. The Morgan fingerprint density at radius 3 is 2.39 bits per heavy atom. The van der Waals surface area contributed by atoms with Gasteiger partial charge < -0.3 is 15.2 Å². The Balaban J connectivity index is 2.59. The summed E-state index contributed by atoms with van der Waals surface area (Å²) in [6.07, 6.45) is 4.70. The lowest BCUT2D eigenvalue weighted by Crippen LogP contribution is -2.56. The summed E-state index contributed by atoms with van der Waals surface area (Å²) in [6.45, 7) is 5.87. The molecule has 0 saturated carbocycles. The van der Waals surface area contributed by atoms with Gasteiger partial charge >= 0.3 is 0 Å². The molecular weight excluding hydrogens is 232 g/mol. The van der Waals surface area contributed by atoms with Crippen LogP contribution >= 0.6 is 0 Å². The molecule has 2 atom stereocenters. The highest BCUT2D eigenvalue weighted by Gasteiger charge is 2.32. The van der Waals surface area contributed by atoms with E-state index in [0.29, 0.717) is 0 Å². The number of amides is 1. The maximum absolute atomic E-state index is 12.2. The Labute approximate surface area is 109 Å². The summed E-state index contributed by atoms with van der Waals surface area (Å²) in [5.74, 6) is -0.0416. The summed E-state index contributed by atoms with van der Waals surface area (Å²) in [5, 5.41) is 15.2. The van der Waals surface area contributed by atoms with Crippen LogP contribution in [0.25, 0.3) is 0 Å². The third-order valence-corrected chi connectivity index (χ3v) is 3.22. The van der Waals surface area contributed by atoms with Gasteiger partial charge in [0.15, 0.2) is 0 Å². The lowest BCUT2D eigenvalue weighted by atomic mass is 9.97. The monoisotopic (exact) mass is 256 g/mol. The van der Waals surface area contributed by atoms with E-state index in [1.807, 2.05) is 20.8 Å². The van der Waals surface area contributed by atoms with E-state index in [1.165, 1.54) is 7.11 Å². The highest BCUT2D eigenvalue weighted by molar-refractivity contribution is 5.82. The second-order valence-corrected chi connectivity index (χ2v) is 5.41. The number of carbonyl (C=O) groups is 1. The molecule has 5 heteroatoms. The SMILES string of the molecule is COC(O)N[C@@H](C(=O)NC1(C)CC=CC1)C(C)C. The Hall–Kier alpha value is -0.910. The van der Waals surface area contributed by atoms with Crippen molar-refractivity contribution in [1.82, 2.24) is 10.6 Å². The number of aliphatic hydroxyl groups excluding tert-OH is 1. The molecule has 0 bridgehead atoms. The van der Waals surface area contributed by atoms with Gasteiger partial charge in [0.05, 0.1) is 6.04 Å². The minimum Gasteiger partial charge on any atom is -0.356 e. The zero-order valence-electron chi connectivity index (χ0n) is 11.6. The van der Waals surface area contributed by atoms with Crippen molar-refractivity contribution in [2.45, 2.75) is 51.6 Å². The number of ether oxygens (including phenoxy) is 1. The molecule has 0 spiro atoms. The molecule has 1 unspecified atom stereocenters. The van der Waals surface area contributed by atoms with E-state index in [1.54, 1.807) is 0 Å². The number of rotatable bonds is 6. The van der Waals surface area contributed by atoms with Crippen molar-refractivity contribution in [2.75, 3.05) is 7.11 Å². The fourth-order valence-corrected chi connectivity index (χ4v) is 2.04. The van der Waals surface area contributed by atoms with E-state index in [4.69, 9.17) is 4.74 Å². The molecule has 3 N–H and O–H groups in total. The van der Waals surface area contributed by atoms with E-state index in [-0.39, 0.29) is 17.4 Å². The Kier molecular flexibility index (Phi) is 5.31. The van der Waals surface area contributed by atoms with Gasteiger partial charge in [0, 0.05) is 12.6 Å². The molecule has 1 aliphatic carbocycles. The Bertz CT molecular complexity index is 307. The van der Waals surface area contributed by atoms with Crippen LogP contribution in [0.4, 0.5) is 0 Å². The van der Waals surface area contributed by atoms with E-state index in [2.05, 4.69) is 22.8 Å². The molecule has 0 aromatic carbocycles. The van der Waals surface area contributed by atoms with Gasteiger partial charge in [-0.15, -0.1) is 0 Å². The van der Waals surface area contributed by atoms with Crippen LogP contribution in [0.1, 0.15) is 33.6 Å². The summed E-state index contributed by atoms with van der Waals surface area (Å²) in [5.41, 5.74) is -0.204. The normalized spacial score (nSPS) is 21.0. The van der Waals surface area contributed by atoms with Gasteiger partial charge in [-0.2, -0.15) is 0 Å². The first-order valence-electron chi connectivity index (χ1n) is 6.32. The van der Waals surface area contributed by atoms with Crippen molar-refractivity contribution < 1.29 is 14.6 Å². The van der Waals surface area contributed by atoms with Crippen LogP contribution in [0.5, 0.6) is 0 Å². The third kappa shape index (κ3) is 4.08. The fraction of sp³-hybridized carbons (Fsp3) is 0.769. The largest absolute Gasteiger partial charge is 0.356 e. The van der Waals surface area contributed by atoms with Gasteiger partial charge in [-0.3, -0.25) is 10.1 Å². The van der Waals surface area contributed by atoms with Crippen LogP contribution in [0.3, 0.4) is 0 Å². The van der Waals surface area contributed by atoms with Crippen molar-refractivity contribution in [3.05, 3.63) is 12.2 Å². The van der Waals surface area contributed by atoms with E-state index in [9.17, 15) is 9.90 Å². The van der Waals surface area contributed by atoms with Gasteiger partial charge in [-0.05, 0) is 25.7 Å². The Morgan fingerprint density at radius 2 is 1.94 bits per heavy atom. The zero-order valence-corrected chi connectivity index (χ0v) is 11.6. The molecular formula is C13H24N2O3. The number of hydrogen-bond acceptors (Lipinski definition) is 4. The van der Waals surface area contributed by atoms with Gasteiger partial charge in [0.25, 0.3) is 0 Å². The van der Waals surface area contributed by atoms with E-state index in [0.717, 1.165) is 12.8 Å². The van der Waals surface area contributed by atoms with Crippen LogP contribution < -0.4 is 10.6 Å². The zero-order chi connectivity index (χ0) is 13.8. The summed E-state index contributed by atoms with van der Waals surface area (Å²) >= 11 is 0. The lowest BCUT2D eigenvalue weighted by Gasteiger charge is -2.30. The van der Waals surface area contributed by atoms with Crippen molar-refractivity contribution in [3.63, 3.8) is 0 Å². The minimum absolute atomic E-state index is 0.0627. The van der Waals surface area contributed by atoms with Crippen molar-refractivity contribution >= 4 is 5.91 Å². The first kappa shape index (κ1) is 15.1. The van der Waals surface area contributed by atoms with Crippen molar-refractivity contribution in [1.29, 1.82) is 0 Å². The van der Waals surface area contributed by atoms with Crippen LogP contribution in [0.2, 0.25) is 0 Å². The van der Waals surface area contributed by atoms with E-state index < -0.39 is 12.5 Å². The van der Waals surface area contributed by atoms with Crippen LogP contribution in [-0.4, -0.2) is 36.1 Å². The quantitative estimate of drug-likeness (QED) is 0.484. The van der Waals surface area contributed by atoms with Crippen LogP contribution in [0, 0.1) is 5.92 Å². The van der Waals surface area contributed by atoms with Gasteiger partial charge in [0.2, 0.25) is 12.3 Å². The molecule has 1 amide bonds. The highest BCUT2D eigenvalue weighted by atomic mass is 16.6. The summed E-state index contributed by atoms with van der Waals surface area (Å²) in [4.78, 5) is 12.2. The number of aliphatic hydroxyl groups is 1. The molecule has 1 aliphatic rings. The standard InChI is InChI=1S/C13H24N2O3/c1-9(2)10(14-12(17)18-4)11(16)15-13(3)7-5-6-8-13/h5-6,9-10,12,14,17H,7-8H2,1-4H3,(H,15,16)/t10-,12?/m1/s1. The predicted molar refractivity (Wildman–Crippen MR) is 69.7 cm³/mol. The maximum atomic E-state index is 12.2. The molecule has 5 nitrogen and oxygen atoms in total. The van der Waals surface area contributed by atoms with Gasteiger partial charge in [-0.1, -0.05) is 26.0 Å². The van der Waals surface area contributed by atoms with Crippen molar-refractivity contribution in [2.24, 2.45) is 5.92 Å². The topological polar surface area (TPSA) is 70.6 Å². The fourth-order valence-electron chi connectivity index (χ4n) is 2.04. The number of hydrogen-bond donors (Lipinski definition) is 3. The molecule has 0 heterocycles. The molecule has 0 saturated heterocycles. The van der Waals surface area contributed by atoms with Crippen molar-refractivity contribution in [3.8, 4) is 0 Å².